The molecule has 1 aliphatic rings. The fourth-order valence-electron chi connectivity index (χ4n) is 2.89. The molecular formula is C18H17N3O6. The lowest BCUT2D eigenvalue weighted by atomic mass is 10.1. The summed E-state index contributed by atoms with van der Waals surface area (Å²) >= 11 is 0. The Morgan fingerprint density at radius 1 is 1.00 bits per heavy atom. The summed E-state index contributed by atoms with van der Waals surface area (Å²) in [7, 11) is 4.56. The number of phenolic OH excluding ortho intramolecular Hbond substituents is 1. The fraction of sp³-hybridized carbons (Fsp3) is 0.222. The molecule has 0 aliphatic carbocycles. The number of nitrogens with one attached hydrogen (secondary N) is 1. The van der Waals surface area contributed by atoms with Gasteiger partial charge in [-0.25, -0.2) is 4.98 Å². The quantitative estimate of drug-likeness (QED) is 0.705. The second-order valence-corrected chi connectivity index (χ2v) is 5.62. The van der Waals surface area contributed by atoms with E-state index < -0.39 is 0 Å². The van der Waals surface area contributed by atoms with Crippen LogP contribution in [-0.2, 0) is 0 Å². The number of aromatic nitrogens is 3. The molecule has 140 valence electrons. The maximum atomic E-state index is 9.98. The van der Waals surface area contributed by atoms with Crippen molar-refractivity contribution in [1.82, 2.24) is 15.2 Å². The molecule has 0 amide bonds. The normalized spacial score (nSPS) is 12.1. The van der Waals surface area contributed by atoms with E-state index in [9.17, 15) is 5.11 Å². The van der Waals surface area contributed by atoms with Gasteiger partial charge in [-0.2, -0.15) is 5.10 Å². The lowest BCUT2D eigenvalue weighted by molar-refractivity contribution is 0.168. The SMILES string of the molecule is COc1ccc(-c2n[nH]c(-c3cc(OC)c4c(c3OC)OCO4)n2)cc1O. The Morgan fingerprint density at radius 2 is 1.78 bits per heavy atom. The van der Waals surface area contributed by atoms with Crippen LogP contribution < -0.4 is 23.7 Å². The number of aromatic amines is 1. The topological polar surface area (TPSA) is 108 Å². The molecule has 0 atom stereocenters. The average molecular weight is 371 g/mol. The van der Waals surface area contributed by atoms with Gasteiger partial charge >= 0.3 is 0 Å². The van der Waals surface area contributed by atoms with Gasteiger partial charge in [-0.15, -0.1) is 0 Å². The third kappa shape index (κ3) is 2.73. The maximum absolute atomic E-state index is 9.98. The minimum absolute atomic E-state index is 0.00341. The van der Waals surface area contributed by atoms with E-state index in [2.05, 4.69) is 15.2 Å². The van der Waals surface area contributed by atoms with Crippen molar-refractivity contribution in [1.29, 1.82) is 0 Å². The van der Waals surface area contributed by atoms with Crippen LogP contribution >= 0.6 is 0 Å². The Bertz CT molecular complexity index is 1000. The molecule has 3 aromatic rings. The van der Waals surface area contributed by atoms with Gasteiger partial charge in [0.15, 0.2) is 34.6 Å². The van der Waals surface area contributed by atoms with Crippen LogP contribution in [0.2, 0.25) is 0 Å². The number of ether oxygens (including phenoxy) is 5. The van der Waals surface area contributed by atoms with Gasteiger partial charge in [0.05, 0.1) is 26.9 Å². The molecule has 2 N–H and O–H groups in total. The number of nitrogens with zero attached hydrogens (tertiary/aromatic N) is 2. The number of fused-ring (bicyclic) bond motifs is 1. The van der Waals surface area contributed by atoms with E-state index in [-0.39, 0.29) is 12.5 Å². The zero-order chi connectivity index (χ0) is 19.0. The Kier molecular flexibility index (Phi) is 4.11. The van der Waals surface area contributed by atoms with Gasteiger partial charge in [-0.3, -0.25) is 5.10 Å². The number of hydrogen-bond acceptors (Lipinski definition) is 8. The van der Waals surface area contributed by atoms with Gasteiger partial charge in [0, 0.05) is 5.56 Å². The Hall–Kier alpha value is -3.62. The third-order valence-electron chi connectivity index (χ3n) is 4.16. The number of benzene rings is 2. The predicted molar refractivity (Wildman–Crippen MR) is 94.7 cm³/mol. The molecule has 0 bridgehead atoms. The average Bonchev–Trinajstić information content (AvgIpc) is 3.36. The van der Waals surface area contributed by atoms with Crippen LogP contribution in [0.5, 0.6) is 34.5 Å². The standard InChI is InChI=1S/C18H17N3O6/c1-23-12-5-4-9(6-11(12)22)17-19-18(21-20-17)10-7-13(24-2)15-16(14(10)25-3)27-8-26-15/h4-7,22H,8H2,1-3H3,(H,19,20,21). The zero-order valence-corrected chi connectivity index (χ0v) is 14.9. The zero-order valence-electron chi connectivity index (χ0n) is 14.9. The van der Waals surface area contributed by atoms with Crippen LogP contribution in [-0.4, -0.2) is 48.4 Å². The van der Waals surface area contributed by atoms with Crippen molar-refractivity contribution in [2.24, 2.45) is 0 Å². The Labute approximate surface area is 154 Å². The van der Waals surface area contributed by atoms with E-state index in [0.717, 1.165) is 0 Å². The van der Waals surface area contributed by atoms with E-state index in [1.807, 2.05) is 0 Å². The molecule has 9 nitrogen and oxygen atoms in total. The summed E-state index contributed by atoms with van der Waals surface area (Å²) < 4.78 is 26.9. The van der Waals surface area contributed by atoms with E-state index in [0.29, 0.717) is 51.5 Å². The molecule has 1 aromatic heterocycles. The van der Waals surface area contributed by atoms with Crippen LogP contribution in [0.15, 0.2) is 24.3 Å². The van der Waals surface area contributed by atoms with E-state index in [4.69, 9.17) is 23.7 Å². The third-order valence-corrected chi connectivity index (χ3v) is 4.16. The first kappa shape index (κ1) is 16.8. The minimum Gasteiger partial charge on any atom is -0.504 e. The molecule has 0 saturated heterocycles. The smallest absolute Gasteiger partial charge is 0.231 e. The molecule has 4 rings (SSSR count). The first-order valence-corrected chi connectivity index (χ1v) is 8.01. The second-order valence-electron chi connectivity index (χ2n) is 5.62. The van der Waals surface area contributed by atoms with Gasteiger partial charge in [-0.05, 0) is 24.3 Å². The van der Waals surface area contributed by atoms with Crippen LogP contribution in [0.3, 0.4) is 0 Å². The highest BCUT2D eigenvalue weighted by Gasteiger charge is 2.28. The van der Waals surface area contributed by atoms with Crippen LogP contribution in [0.4, 0.5) is 0 Å². The van der Waals surface area contributed by atoms with Crippen molar-refractivity contribution >= 4 is 0 Å². The lowest BCUT2D eigenvalue weighted by Crippen LogP contribution is -1.95. The first-order chi connectivity index (χ1) is 13.2. The van der Waals surface area contributed by atoms with Crippen molar-refractivity contribution in [3.63, 3.8) is 0 Å². The van der Waals surface area contributed by atoms with Crippen LogP contribution in [0.25, 0.3) is 22.8 Å². The molecule has 0 spiro atoms. The summed E-state index contributed by atoms with van der Waals surface area (Å²) in [5.74, 6) is 3.13. The number of hydrogen-bond donors (Lipinski definition) is 2. The Balaban J connectivity index is 1.79. The fourth-order valence-corrected chi connectivity index (χ4v) is 2.89. The van der Waals surface area contributed by atoms with Crippen LogP contribution in [0.1, 0.15) is 0 Å². The van der Waals surface area contributed by atoms with Crippen LogP contribution in [0, 0.1) is 0 Å². The van der Waals surface area contributed by atoms with Crippen molar-refractivity contribution in [3.05, 3.63) is 24.3 Å². The highest BCUT2D eigenvalue weighted by atomic mass is 16.7. The minimum atomic E-state index is 0.00341. The van der Waals surface area contributed by atoms with Crippen molar-refractivity contribution in [2.45, 2.75) is 0 Å². The monoisotopic (exact) mass is 371 g/mol. The van der Waals surface area contributed by atoms with E-state index in [1.54, 1.807) is 25.3 Å². The first-order valence-electron chi connectivity index (χ1n) is 8.01. The van der Waals surface area contributed by atoms with E-state index in [1.165, 1.54) is 20.3 Å². The summed E-state index contributed by atoms with van der Waals surface area (Å²) in [6.07, 6.45) is 0. The molecule has 0 fully saturated rings. The van der Waals surface area contributed by atoms with Crippen molar-refractivity contribution in [2.75, 3.05) is 28.1 Å². The van der Waals surface area contributed by atoms with Gasteiger partial charge < -0.3 is 28.8 Å². The summed E-state index contributed by atoms with van der Waals surface area (Å²) in [5, 5.41) is 17.1. The maximum Gasteiger partial charge on any atom is 0.231 e. The van der Waals surface area contributed by atoms with Gasteiger partial charge in [0.25, 0.3) is 0 Å². The molecule has 27 heavy (non-hydrogen) atoms. The molecule has 0 radical (unpaired) electrons. The number of aromatic hydroxyl groups is 1. The highest BCUT2D eigenvalue weighted by Crippen LogP contribution is 2.51. The van der Waals surface area contributed by atoms with Crippen molar-refractivity contribution < 1.29 is 28.8 Å². The summed E-state index contributed by atoms with van der Waals surface area (Å²) in [6.45, 7) is 0.0816. The number of methoxy groups -OCH3 is 3. The highest BCUT2D eigenvalue weighted by molar-refractivity contribution is 5.77. The summed E-state index contributed by atoms with van der Waals surface area (Å²) in [4.78, 5) is 4.51. The molecule has 9 heteroatoms. The number of rotatable bonds is 5. The molecule has 1 aliphatic heterocycles. The van der Waals surface area contributed by atoms with Gasteiger partial charge in [0.1, 0.15) is 0 Å². The molecule has 2 aromatic carbocycles. The number of H-pyrrole nitrogens is 1. The molecule has 0 unspecified atom stereocenters. The largest absolute Gasteiger partial charge is 0.504 e. The molecule has 2 heterocycles. The summed E-state index contributed by atoms with van der Waals surface area (Å²) in [6, 6.07) is 6.67. The lowest BCUT2D eigenvalue weighted by Gasteiger charge is -2.12. The molecule has 0 saturated carbocycles. The van der Waals surface area contributed by atoms with Crippen molar-refractivity contribution in [3.8, 4) is 57.3 Å². The molecular weight excluding hydrogens is 354 g/mol. The van der Waals surface area contributed by atoms with Gasteiger partial charge in [0.2, 0.25) is 18.3 Å². The van der Waals surface area contributed by atoms with Gasteiger partial charge in [-0.1, -0.05) is 0 Å². The number of phenols is 1. The van der Waals surface area contributed by atoms with E-state index >= 15 is 0 Å². The predicted octanol–water partition coefficient (Wildman–Crippen LogP) is 2.60. The Morgan fingerprint density at radius 3 is 2.48 bits per heavy atom. The second kappa shape index (κ2) is 6.60. The summed E-state index contributed by atoms with van der Waals surface area (Å²) in [5.41, 5.74) is 1.23.